The number of hydrogen-bond acceptors (Lipinski definition) is 1. The molecular weight excluding hydrogens is 799 g/mol. The van der Waals surface area contributed by atoms with Gasteiger partial charge in [0.25, 0.3) is 0 Å². The summed E-state index contributed by atoms with van der Waals surface area (Å²) in [6, 6.07) is 73.7. The summed E-state index contributed by atoms with van der Waals surface area (Å²) in [6.45, 7) is 13.4. The molecule has 12 aromatic rings. The summed E-state index contributed by atoms with van der Waals surface area (Å²) in [4.78, 5) is 2.40. The number of anilines is 3. The van der Waals surface area contributed by atoms with E-state index in [0.29, 0.717) is 0 Å². The Kier molecular flexibility index (Phi) is 8.26. The number of nitrogens with zero attached hydrogens (tertiary/aromatic N) is 3. The molecule has 3 heterocycles. The van der Waals surface area contributed by atoms with E-state index in [4.69, 9.17) is 0 Å². The third kappa shape index (κ3) is 5.50. The molecule has 1 aliphatic carbocycles. The Morgan fingerprint density at radius 3 is 1.59 bits per heavy atom. The molecule has 0 saturated carbocycles. The van der Waals surface area contributed by atoms with Crippen molar-refractivity contribution in [3.05, 3.63) is 235 Å². The number of hydrogen-bond donors (Lipinski definition) is 0. The van der Waals surface area contributed by atoms with Gasteiger partial charge in [-0.2, -0.15) is 0 Å². The van der Waals surface area contributed by atoms with Crippen LogP contribution in [0.4, 0.5) is 17.1 Å². The van der Waals surface area contributed by atoms with Gasteiger partial charge in [0.05, 0.1) is 22.1 Å². The average molecular weight is 844 g/mol. The molecule has 0 fully saturated rings. The number of allylic oxidation sites excluding steroid dienone is 1. The highest BCUT2D eigenvalue weighted by molar-refractivity contribution is 6.16. The van der Waals surface area contributed by atoms with Crippen molar-refractivity contribution in [1.29, 1.82) is 0 Å². The lowest BCUT2D eigenvalue weighted by Crippen LogP contribution is -2.23. The van der Waals surface area contributed by atoms with E-state index in [-0.39, 0.29) is 5.41 Å². The van der Waals surface area contributed by atoms with Crippen molar-refractivity contribution in [2.45, 2.75) is 19.3 Å². The molecule has 3 nitrogen and oxygen atoms in total. The maximum atomic E-state index is 4.60. The molecule has 0 N–H and O–H groups in total. The van der Waals surface area contributed by atoms with Gasteiger partial charge in [-0.1, -0.05) is 167 Å². The van der Waals surface area contributed by atoms with Crippen LogP contribution in [0.3, 0.4) is 0 Å². The number of rotatable bonds is 7. The van der Waals surface area contributed by atoms with E-state index < -0.39 is 0 Å². The number of benzene rings is 9. The summed E-state index contributed by atoms with van der Waals surface area (Å²) in [5.74, 6) is 0. The van der Waals surface area contributed by atoms with Crippen molar-refractivity contribution in [3.8, 4) is 39.1 Å². The fourth-order valence-electron chi connectivity index (χ4n) is 11.2. The predicted molar refractivity (Wildman–Crippen MR) is 280 cm³/mol. The SMILES string of the molecule is C=CC=c1c(=C)n2c3ccccc3c3cc(N(c4ccc(-c5ccc(-n6c7ccccc7c7ccccc76)cc5)cc4)c4ccc(-c5ccc6c(c5)C(C)(C)c5ccccc5-6)cc4)cc1c32. The van der Waals surface area contributed by atoms with Crippen molar-refractivity contribution in [3.63, 3.8) is 0 Å². The van der Waals surface area contributed by atoms with E-state index in [1.165, 1.54) is 77.0 Å². The van der Waals surface area contributed by atoms with Gasteiger partial charge in [0.2, 0.25) is 0 Å². The summed E-state index contributed by atoms with van der Waals surface area (Å²) in [6.07, 6.45) is 3.97. The van der Waals surface area contributed by atoms with Crippen LogP contribution in [0.1, 0.15) is 25.0 Å². The minimum absolute atomic E-state index is 0.0629. The van der Waals surface area contributed by atoms with Crippen LogP contribution in [0, 0.1) is 0 Å². The van der Waals surface area contributed by atoms with E-state index in [0.717, 1.165) is 49.8 Å². The quantitative estimate of drug-likeness (QED) is 0.156. The molecular formula is C63H45N3. The van der Waals surface area contributed by atoms with Crippen LogP contribution in [0.25, 0.3) is 101 Å². The first-order valence-electron chi connectivity index (χ1n) is 22.8. The lowest BCUT2D eigenvalue weighted by atomic mass is 9.81. The van der Waals surface area contributed by atoms with Gasteiger partial charge < -0.3 is 13.9 Å². The predicted octanol–water partition coefficient (Wildman–Crippen LogP) is 15.3. The van der Waals surface area contributed by atoms with Crippen LogP contribution in [0.5, 0.6) is 0 Å². The number of para-hydroxylation sites is 3. The molecule has 0 atom stereocenters. The highest BCUT2D eigenvalue weighted by Gasteiger charge is 2.35. The third-order valence-electron chi connectivity index (χ3n) is 14.4. The van der Waals surface area contributed by atoms with Crippen molar-refractivity contribution < 1.29 is 0 Å². The standard InChI is InChI=1S/C63H45N3/c1-5-14-49-40(2)64-59-20-11-9-18-54(59)56-39-48(38-55(49)62(56)64)65(46-32-27-43(28-33-46)44-29-36-51-50-15-6-10-19-57(50)63(3,4)58(51)37-44)45-30-23-41(24-31-45)42-25-34-47(35-26-42)66-60-21-12-7-16-52(60)53-17-8-13-22-61(53)66/h5-39H,1-2H2,3-4H3. The van der Waals surface area contributed by atoms with Crippen LogP contribution < -0.4 is 15.5 Å². The zero-order valence-corrected chi connectivity index (χ0v) is 37.0. The average Bonchev–Trinajstić information content (AvgIpc) is 4.04. The molecule has 9 aromatic carbocycles. The van der Waals surface area contributed by atoms with Gasteiger partial charge in [0.1, 0.15) is 0 Å². The molecule has 0 spiro atoms. The van der Waals surface area contributed by atoms with Gasteiger partial charge in [-0.3, -0.25) is 0 Å². The maximum absolute atomic E-state index is 4.60. The van der Waals surface area contributed by atoms with Crippen LogP contribution in [0.2, 0.25) is 0 Å². The molecule has 66 heavy (non-hydrogen) atoms. The number of fused-ring (bicyclic) bond motifs is 9. The first kappa shape index (κ1) is 38.1. The molecule has 3 aromatic heterocycles. The van der Waals surface area contributed by atoms with Gasteiger partial charge in [0.15, 0.2) is 0 Å². The maximum Gasteiger partial charge on any atom is 0.0621 e. The minimum Gasteiger partial charge on any atom is -0.310 e. The van der Waals surface area contributed by atoms with Crippen LogP contribution in [0.15, 0.2) is 213 Å². The van der Waals surface area contributed by atoms with Gasteiger partial charge in [-0.15, -0.1) is 0 Å². The summed E-state index contributed by atoms with van der Waals surface area (Å²) in [7, 11) is 0. The molecule has 1 aliphatic rings. The number of aromatic nitrogens is 2. The van der Waals surface area contributed by atoms with Gasteiger partial charge in [-0.25, -0.2) is 0 Å². The second-order valence-corrected chi connectivity index (χ2v) is 18.3. The molecule has 0 saturated heterocycles. The van der Waals surface area contributed by atoms with Crippen molar-refractivity contribution in [2.75, 3.05) is 4.90 Å². The smallest absolute Gasteiger partial charge is 0.0621 e. The lowest BCUT2D eigenvalue weighted by molar-refractivity contribution is 0.660. The molecule has 3 heteroatoms. The summed E-state index contributed by atoms with van der Waals surface area (Å²) in [5.41, 5.74) is 19.3. The van der Waals surface area contributed by atoms with Crippen molar-refractivity contribution in [1.82, 2.24) is 8.97 Å². The summed E-state index contributed by atoms with van der Waals surface area (Å²) >= 11 is 0. The molecule has 0 bridgehead atoms. The van der Waals surface area contributed by atoms with E-state index in [9.17, 15) is 0 Å². The molecule has 13 rings (SSSR count). The normalized spacial score (nSPS) is 13.3. The van der Waals surface area contributed by atoms with Gasteiger partial charge in [0, 0.05) is 65.7 Å². The Labute approximate surface area is 383 Å². The molecule has 0 radical (unpaired) electrons. The zero-order chi connectivity index (χ0) is 44.3. The van der Waals surface area contributed by atoms with E-state index >= 15 is 0 Å². The van der Waals surface area contributed by atoms with Crippen molar-refractivity contribution in [2.24, 2.45) is 0 Å². The minimum atomic E-state index is -0.0629. The molecule has 0 amide bonds. The van der Waals surface area contributed by atoms with Crippen molar-refractivity contribution >= 4 is 78.7 Å². The second kappa shape index (κ2) is 14.3. The van der Waals surface area contributed by atoms with Crippen LogP contribution in [-0.4, -0.2) is 8.97 Å². The van der Waals surface area contributed by atoms with Gasteiger partial charge in [-0.05, 0) is 117 Å². The first-order valence-corrected chi connectivity index (χ1v) is 22.8. The summed E-state index contributed by atoms with van der Waals surface area (Å²) in [5, 5.41) is 8.17. The Hall–Kier alpha value is -8.40. The largest absolute Gasteiger partial charge is 0.310 e. The third-order valence-corrected chi connectivity index (χ3v) is 14.4. The van der Waals surface area contributed by atoms with E-state index in [1.54, 1.807) is 0 Å². The molecule has 0 unspecified atom stereocenters. The Morgan fingerprint density at radius 1 is 0.455 bits per heavy atom. The fourth-order valence-corrected chi connectivity index (χ4v) is 11.2. The van der Waals surface area contributed by atoms with E-state index in [2.05, 4.69) is 247 Å². The zero-order valence-electron chi connectivity index (χ0n) is 37.0. The molecule has 0 aliphatic heterocycles. The van der Waals surface area contributed by atoms with Crippen LogP contribution >= 0.6 is 0 Å². The second-order valence-electron chi connectivity index (χ2n) is 18.3. The Bertz CT molecular complexity index is 3980. The fraction of sp³-hybridized carbons (Fsp3) is 0.0476. The first-order chi connectivity index (χ1) is 32.4. The van der Waals surface area contributed by atoms with E-state index in [1.807, 2.05) is 6.08 Å². The highest BCUT2D eigenvalue weighted by atomic mass is 15.1. The monoisotopic (exact) mass is 843 g/mol. The lowest BCUT2D eigenvalue weighted by Gasteiger charge is -2.26. The molecule has 312 valence electrons. The Morgan fingerprint density at radius 2 is 0.955 bits per heavy atom. The topological polar surface area (TPSA) is 12.6 Å². The Balaban J connectivity index is 0.924. The van der Waals surface area contributed by atoms with Crippen LogP contribution in [-0.2, 0) is 5.41 Å². The van der Waals surface area contributed by atoms with Gasteiger partial charge >= 0.3 is 0 Å². The highest BCUT2D eigenvalue weighted by Crippen LogP contribution is 2.50. The summed E-state index contributed by atoms with van der Waals surface area (Å²) < 4.78 is 4.69.